The van der Waals surface area contributed by atoms with Crippen LogP contribution in [0.3, 0.4) is 0 Å². The standard InChI is InChI=1S/C13H24O8/c14-4-6-18-8-10-20-12(16)2-1-3-13(17)21-11-9-19-7-5-15/h14-15H,1-11H2. The monoisotopic (exact) mass is 308 g/mol. The van der Waals surface area contributed by atoms with Crippen molar-refractivity contribution in [2.75, 3.05) is 52.9 Å². The molecule has 8 nitrogen and oxygen atoms in total. The SMILES string of the molecule is O=C(CCCC(=O)OCCOCCO)OCCOCCO. The fourth-order valence-electron chi connectivity index (χ4n) is 1.28. The first-order valence-corrected chi connectivity index (χ1v) is 6.89. The molecule has 0 saturated carbocycles. The van der Waals surface area contributed by atoms with Crippen LogP contribution in [0.1, 0.15) is 19.3 Å². The first-order valence-electron chi connectivity index (χ1n) is 6.89. The average Bonchev–Trinajstić information content (AvgIpc) is 2.47. The molecule has 0 aliphatic carbocycles. The summed E-state index contributed by atoms with van der Waals surface area (Å²) in [6, 6.07) is 0. The van der Waals surface area contributed by atoms with E-state index in [0.29, 0.717) is 6.42 Å². The lowest BCUT2D eigenvalue weighted by atomic mass is 10.2. The molecular formula is C13H24O8. The maximum Gasteiger partial charge on any atom is 0.305 e. The summed E-state index contributed by atoms with van der Waals surface area (Å²) in [5.74, 6) is -0.802. The van der Waals surface area contributed by atoms with Crippen LogP contribution in [0.5, 0.6) is 0 Å². The smallest absolute Gasteiger partial charge is 0.305 e. The normalized spacial score (nSPS) is 10.4. The molecular weight excluding hydrogens is 284 g/mol. The maximum atomic E-state index is 11.3. The fraction of sp³-hybridized carbons (Fsp3) is 0.846. The van der Waals surface area contributed by atoms with Crippen LogP contribution in [0.4, 0.5) is 0 Å². The number of hydrogen-bond acceptors (Lipinski definition) is 8. The fourth-order valence-corrected chi connectivity index (χ4v) is 1.28. The molecule has 0 unspecified atom stereocenters. The van der Waals surface area contributed by atoms with Crippen molar-refractivity contribution in [1.29, 1.82) is 0 Å². The molecule has 0 aromatic rings. The van der Waals surface area contributed by atoms with Crippen molar-refractivity contribution in [3.05, 3.63) is 0 Å². The van der Waals surface area contributed by atoms with Crippen LogP contribution in [0.2, 0.25) is 0 Å². The van der Waals surface area contributed by atoms with E-state index in [1.807, 2.05) is 0 Å². The lowest BCUT2D eigenvalue weighted by Crippen LogP contribution is -2.14. The Hall–Kier alpha value is -1.22. The molecule has 0 aliphatic rings. The molecule has 0 heterocycles. The highest BCUT2D eigenvalue weighted by molar-refractivity contribution is 5.72. The highest BCUT2D eigenvalue weighted by Crippen LogP contribution is 2.00. The molecule has 0 fully saturated rings. The molecule has 2 N–H and O–H groups in total. The molecule has 0 saturated heterocycles. The minimum absolute atomic E-state index is 0.0684. The molecule has 21 heavy (non-hydrogen) atoms. The zero-order valence-electron chi connectivity index (χ0n) is 12.1. The van der Waals surface area contributed by atoms with Gasteiger partial charge in [0, 0.05) is 12.8 Å². The predicted molar refractivity (Wildman–Crippen MR) is 71.6 cm³/mol. The third kappa shape index (κ3) is 15.0. The van der Waals surface area contributed by atoms with Crippen LogP contribution in [-0.4, -0.2) is 75.0 Å². The van der Waals surface area contributed by atoms with E-state index in [9.17, 15) is 9.59 Å². The van der Waals surface area contributed by atoms with Crippen LogP contribution in [-0.2, 0) is 28.5 Å². The number of aliphatic hydroxyl groups is 2. The Morgan fingerprint density at radius 1 is 0.667 bits per heavy atom. The van der Waals surface area contributed by atoms with Gasteiger partial charge in [-0.2, -0.15) is 0 Å². The van der Waals surface area contributed by atoms with Crippen LogP contribution in [0.25, 0.3) is 0 Å². The summed E-state index contributed by atoms with van der Waals surface area (Å²) >= 11 is 0. The Labute approximate surface area is 123 Å². The van der Waals surface area contributed by atoms with Crippen molar-refractivity contribution in [2.45, 2.75) is 19.3 Å². The topological polar surface area (TPSA) is 112 Å². The Morgan fingerprint density at radius 2 is 1.10 bits per heavy atom. The summed E-state index contributed by atoms with van der Waals surface area (Å²) in [6.45, 7) is 1.03. The average molecular weight is 308 g/mol. The van der Waals surface area contributed by atoms with Crippen LogP contribution in [0.15, 0.2) is 0 Å². The Bertz CT molecular complexity index is 243. The Morgan fingerprint density at radius 3 is 1.48 bits per heavy atom. The van der Waals surface area contributed by atoms with E-state index in [0.717, 1.165) is 0 Å². The van der Waals surface area contributed by atoms with Gasteiger partial charge >= 0.3 is 11.9 Å². The number of rotatable bonds is 14. The van der Waals surface area contributed by atoms with Gasteiger partial charge in [-0.25, -0.2) is 0 Å². The molecule has 0 bridgehead atoms. The Kier molecular flexibility index (Phi) is 14.3. The van der Waals surface area contributed by atoms with E-state index in [-0.39, 0.29) is 65.7 Å². The quantitative estimate of drug-likeness (QED) is 0.319. The lowest BCUT2D eigenvalue weighted by molar-refractivity contribution is -0.147. The van der Waals surface area contributed by atoms with Gasteiger partial charge in [0.2, 0.25) is 0 Å². The van der Waals surface area contributed by atoms with Gasteiger partial charge in [-0.05, 0) is 6.42 Å². The van der Waals surface area contributed by atoms with E-state index in [4.69, 9.17) is 29.2 Å². The van der Waals surface area contributed by atoms with Gasteiger partial charge in [0.1, 0.15) is 13.2 Å². The predicted octanol–water partition coefficient (Wildman–Crippen LogP) is -0.739. The molecule has 0 amide bonds. The van der Waals surface area contributed by atoms with Gasteiger partial charge in [0.25, 0.3) is 0 Å². The summed E-state index contributed by atoms with van der Waals surface area (Å²) in [4.78, 5) is 22.5. The molecule has 0 spiro atoms. The minimum atomic E-state index is -0.401. The van der Waals surface area contributed by atoms with Gasteiger partial charge in [-0.3, -0.25) is 9.59 Å². The van der Waals surface area contributed by atoms with Crippen molar-refractivity contribution in [3.63, 3.8) is 0 Å². The molecule has 0 aromatic heterocycles. The van der Waals surface area contributed by atoms with E-state index < -0.39 is 11.9 Å². The number of aliphatic hydroxyl groups excluding tert-OH is 2. The molecule has 124 valence electrons. The van der Waals surface area contributed by atoms with Crippen LogP contribution < -0.4 is 0 Å². The zero-order valence-corrected chi connectivity index (χ0v) is 12.1. The summed E-state index contributed by atoms with van der Waals surface area (Å²) in [5.41, 5.74) is 0. The van der Waals surface area contributed by atoms with Crippen molar-refractivity contribution in [1.82, 2.24) is 0 Å². The summed E-state index contributed by atoms with van der Waals surface area (Å²) < 4.78 is 19.5. The second-order valence-corrected chi connectivity index (χ2v) is 3.97. The van der Waals surface area contributed by atoms with Gasteiger partial charge in [0.15, 0.2) is 0 Å². The second kappa shape index (κ2) is 15.2. The summed E-state index contributed by atoms with van der Waals surface area (Å²) in [6.07, 6.45) is 0.624. The molecule has 0 radical (unpaired) electrons. The number of esters is 2. The molecule has 0 atom stereocenters. The van der Waals surface area contributed by atoms with Crippen molar-refractivity contribution >= 4 is 11.9 Å². The maximum absolute atomic E-state index is 11.3. The lowest BCUT2D eigenvalue weighted by Gasteiger charge is -2.06. The number of carbonyl (C=O) groups excluding carboxylic acids is 2. The molecule has 0 aromatic carbocycles. The van der Waals surface area contributed by atoms with Gasteiger partial charge in [-0.1, -0.05) is 0 Å². The third-order valence-corrected chi connectivity index (χ3v) is 2.21. The number of ether oxygens (including phenoxy) is 4. The first-order chi connectivity index (χ1) is 10.2. The number of carbonyl (C=O) groups is 2. The van der Waals surface area contributed by atoms with Gasteiger partial charge in [-0.15, -0.1) is 0 Å². The molecule has 0 rings (SSSR count). The largest absolute Gasteiger partial charge is 0.463 e. The highest BCUT2D eigenvalue weighted by Gasteiger charge is 2.07. The molecule has 0 aliphatic heterocycles. The first kappa shape index (κ1) is 19.8. The van der Waals surface area contributed by atoms with E-state index in [1.165, 1.54) is 0 Å². The number of hydrogen-bond donors (Lipinski definition) is 2. The van der Waals surface area contributed by atoms with Gasteiger partial charge < -0.3 is 29.2 Å². The Balaban J connectivity index is 3.34. The molecule has 8 heteroatoms. The van der Waals surface area contributed by atoms with E-state index >= 15 is 0 Å². The summed E-state index contributed by atoms with van der Waals surface area (Å²) in [5, 5.41) is 16.9. The van der Waals surface area contributed by atoms with Crippen LogP contribution in [0, 0.1) is 0 Å². The highest BCUT2D eigenvalue weighted by atomic mass is 16.6. The van der Waals surface area contributed by atoms with E-state index in [1.54, 1.807) is 0 Å². The minimum Gasteiger partial charge on any atom is -0.463 e. The van der Waals surface area contributed by atoms with Gasteiger partial charge in [0.05, 0.1) is 39.6 Å². The summed E-state index contributed by atoms with van der Waals surface area (Å²) in [7, 11) is 0. The van der Waals surface area contributed by atoms with Crippen molar-refractivity contribution in [2.24, 2.45) is 0 Å². The van der Waals surface area contributed by atoms with Crippen molar-refractivity contribution in [3.8, 4) is 0 Å². The third-order valence-electron chi connectivity index (χ3n) is 2.21. The van der Waals surface area contributed by atoms with Crippen LogP contribution >= 0.6 is 0 Å². The van der Waals surface area contributed by atoms with Crippen molar-refractivity contribution < 1.29 is 38.7 Å². The van der Waals surface area contributed by atoms with E-state index in [2.05, 4.69) is 0 Å². The second-order valence-electron chi connectivity index (χ2n) is 3.97. The zero-order chi connectivity index (χ0) is 15.8.